The van der Waals surface area contributed by atoms with Gasteiger partial charge in [-0.1, -0.05) is 0 Å². The van der Waals surface area contributed by atoms with Crippen LogP contribution in [0.5, 0.6) is 5.75 Å². The van der Waals surface area contributed by atoms with Gasteiger partial charge in [-0.05, 0) is 23.8 Å². The summed E-state index contributed by atoms with van der Waals surface area (Å²) in [5, 5.41) is 19.4. The topological polar surface area (TPSA) is 103 Å². The van der Waals surface area contributed by atoms with Crippen LogP contribution in [-0.2, 0) is 6.42 Å². The molecule has 0 saturated heterocycles. The largest absolute Gasteiger partial charge is 0.511 e. The van der Waals surface area contributed by atoms with Crippen LogP contribution in [0.2, 0.25) is 0 Å². The first-order valence-electron chi connectivity index (χ1n) is 5.63. The second kappa shape index (κ2) is 5.79. The number of non-ortho nitro benzene ring substituents is 1. The van der Waals surface area contributed by atoms with Gasteiger partial charge in [0, 0.05) is 36.5 Å². The van der Waals surface area contributed by atoms with Gasteiger partial charge in [-0.15, -0.1) is 0 Å². The lowest BCUT2D eigenvalue weighted by Gasteiger charge is -2.08. The SMILES string of the molecule is O=C(O)Oc1ccc([N+](=O)[O-])cc1Cc1ccncc1. The normalized spacial score (nSPS) is 10.0. The molecule has 1 N–H and O–H groups in total. The van der Waals surface area contributed by atoms with Crippen molar-refractivity contribution in [1.82, 2.24) is 4.98 Å². The van der Waals surface area contributed by atoms with Crippen molar-refractivity contribution in [2.75, 3.05) is 0 Å². The minimum atomic E-state index is -1.46. The summed E-state index contributed by atoms with van der Waals surface area (Å²) >= 11 is 0. The molecule has 0 radical (unpaired) electrons. The third-order valence-electron chi connectivity index (χ3n) is 2.60. The molecule has 0 aliphatic rings. The Kier molecular flexibility index (Phi) is 3.90. The first-order valence-corrected chi connectivity index (χ1v) is 5.63. The Hall–Kier alpha value is -2.96. The van der Waals surface area contributed by atoms with E-state index >= 15 is 0 Å². The van der Waals surface area contributed by atoms with Crippen molar-refractivity contribution < 1.29 is 19.6 Å². The molecule has 102 valence electrons. The number of carboxylic acid groups (broad SMARTS) is 1. The van der Waals surface area contributed by atoms with E-state index in [1.54, 1.807) is 24.5 Å². The molecule has 7 nitrogen and oxygen atoms in total. The summed E-state index contributed by atoms with van der Waals surface area (Å²) in [4.78, 5) is 24.7. The molecule has 0 spiro atoms. The summed E-state index contributed by atoms with van der Waals surface area (Å²) in [5.41, 5.74) is 1.15. The Morgan fingerprint density at radius 3 is 2.60 bits per heavy atom. The van der Waals surface area contributed by atoms with Crippen LogP contribution in [0.4, 0.5) is 10.5 Å². The van der Waals surface area contributed by atoms with Gasteiger partial charge in [0.1, 0.15) is 5.75 Å². The molecule has 1 heterocycles. The molecule has 0 saturated carbocycles. The zero-order valence-electron chi connectivity index (χ0n) is 10.2. The van der Waals surface area contributed by atoms with Crippen LogP contribution in [0.1, 0.15) is 11.1 Å². The van der Waals surface area contributed by atoms with Crippen LogP contribution < -0.4 is 4.74 Å². The molecule has 0 aliphatic heterocycles. The third kappa shape index (κ3) is 3.29. The Labute approximate surface area is 113 Å². The average molecular weight is 274 g/mol. The Morgan fingerprint density at radius 2 is 2.00 bits per heavy atom. The van der Waals surface area contributed by atoms with Crippen molar-refractivity contribution in [3.05, 3.63) is 64.0 Å². The lowest BCUT2D eigenvalue weighted by Crippen LogP contribution is -2.06. The molecule has 0 atom stereocenters. The van der Waals surface area contributed by atoms with Gasteiger partial charge < -0.3 is 9.84 Å². The molecule has 0 unspecified atom stereocenters. The fourth-order valence-corrected chi connectivity index (χ4v) is 1.73. The van der Waals surface area contributed by atoms with Crippen LogP contribution in [0, 0.1) is 10.1 Å². The van der Waals surface area contributed by atoms with E-state index in [4.69, 9.17) is 5.11 Å². The monoisotopic (exact) mass is 274 g/mol. The third-order valence-corrected chi connectivity index (χ3v) is 2.60. The molecular weight excluding hydrogens is 264 g/mol. The number of nitro groups is 1. The second-order valence-electron chi connectivity index (χ2n) is 3.95. The predicted molar refractivity (Wildman–Crippen MR) is 68.8 cm³/mol. The van der Waals surface area contributed by atoms with Crippen molar-refractivity contribution in [1.29, 1.82) is 0 Å². The van der Waals surface area contributed by atoms with Gasteiger partial charge in [0.2, 0.25) is 0 Å². The number of aromatic nitrogens is 1. The van der Waals surface area contributed by atoms with Crippen LogP contribution in [0.15, 0.2) is 42.7 Å². The van der Waals surface area contributed by atoms with Gasteiger partial charge in [-0.25, -0.2) is 4.79 Å². The van der Waals surface area contributed by atoms with E-state index in [9.17, 15) is 14.9 Å². The van der Waals surface area contributed by atoms with E-state index in [1.807, 2.05) is 0 Å². The molecule has 1 aromatic carbocycles. The average Bonchev–Trinajstić information content (AvgIpc) is 2.41. The number of carbonyl (C=O) groups is 1. The predicted octanol–water partition coefficient (Wildman–Crippen LogP) is 2.64. The minimum Gasteiger partial charge on any atom is -0.449 e. The van der Waals surface area contributed by atoms with Gasteiger partial charge in [0.25, 0.3) is 5.69 Å². The Bertz CT molecular complexity index is 642. The van der Waals surface area contributed by atoms with Gasteiger partial charge in [0.15, 0.2) is 0 Å². The standard InChI is InChI=1S/C13H10N2O5/c16-13(17)20-12-2-1-11(15(18)19)8-10(12)7-9-3-5-14-6-4-9/h1-6,8H,7H2,(H,16,17). The highest BCUT2D eigenvalue weighted by atomic mass is 16.7. The number of ether oxygens (including phenoxy) is 1. The summed E-state index contributed by atoms with van der Waals surface area (Å²) in [6.45, 7) is 0. The van der Waals surface area contributed by atoms with E-state index in [-0.39, 0.29) is 11.4 Å². The number of benzene rings is 1. The quantitative estimate of drug-likeness (QED) is 0.398. The number of nitro benzene ring substituents is 1. The maximum Gasteiger partial charge on any atom is 0.511 e. The highest BCUT2D eigenvalue weighted by Crippen LogP contribution is 2.26. The van der Waals surface area contributed by atoms with E-state index < -0.39 is 11.1 Å². The van der Waals surface area contributed by atoms with E-state index in [1.165, 1.54) is 18.2 Å². The van der Waals surface area contributed by atoms with Crippen LogP contribution in [0.25, 0.3) is 0 Å². The maximum absolute atomic E-state index is 10.8. The molecule has 20 heavy (non-hydrogen) atoms. The summed E-state index contributed by atoms with van der Waals surface area (Å²) in [7, 11) is 0. The number of nitrogens with zero attached hydrogens (tertiary/aromatic N) is 2. The summed E-state index contributed by atoms with van der Waals surface area (Å²) in [6.07, 6.45) is 2.02. The highest BCUT2D eigenvalue weighted by molar-refractivity contribution is 5.63. The van der Waals surface area contributed by atoms with Crippen LogP contribution in [-0.4, -0.2) is 21.2 Å². The molecule has 0 bridgehead atoms. The minimum absolute atomic E-state index is 0.0833. The number of hydrogen-bond acceptors (Lipinski definition) is 5. The number of pyridine rings is 1. The fraction of sp³-hybridized carbons (Fsp3) is 0.0769. The maximum atomic E-state index is 10.8. The molecular formula is C13H10N2O5. The van der Waals surface area contributed by atoms with Crippen LogP contribution in [0.3, 0.4) is 0 Å². The Balaban J connectivity index is 2.38. The van der Waals surface area contributed by atoms with E-state index in [2.05, 4.69) is 9.72 Å². The number of rotatable bonds is 4. The van der Waals surface area contributed by atoms with Crippen molar-refractivity contribution in [3.63, 3.8) is 0 Å². The fourth-order valence-electron chi connectivity index (χ4n) is 1.73. The second-order valence-corrected chi connectivity index (χ2v) is 3.95. The van der Waals surface area contributed by atoms with Crippen molar-refractivity contribution >= 4 is 11.8 Å². The van der Waals surface area contributed by atoms with Crippen molar-refractivity contribution in [2.24, 2.45) is 0 Å². The van der Waals surface area contributed by atoms with Gasteiger partial charge in [0.05, 0.1) is 4.92 Å². The van der Waals surface area contributed by atoms with E-state index in [0.717, 1.165) is 5.56 Å². The molecule has 0 fully saturated rings. The smallest absolute Gasteiger partial charge is 0.449 e. The van der Waals surface area contributed by atoms with Crippen molar-refractivity contribution in [3.8, 4) is 5.75 Å². The van der Waals surface area contributed by atoms with Crippen molar-refractivity contribution in [2.45, 2.75) is 6.42 Å². The lowest BCUT2D eigenvalue weighted by atomic mass is 10.0. The summed E-state index contributed by atoms with van der Waals surface area (Å²) in [5.74, 6) is 0.0833. The first-order chi connectivity index (χ1) is 9.56. The lowest BCUT2D eigenvalue weighted by molar-refractivity contribution is -0.384. The van der Waals surface area contributed by atoms with Gasteiger partial charge in [-0.2, -0.15) is 0 Å². The highest BCUT2D eigenvalue weighted by Gasteiger charge is 2.14. The molecule has 0 aliphatic carbocycles. The molecule has 2 aromatic rings. The molecule has 7 heteroatoms. The summed E-state index contributed by atoms with van der Waals surface area (Å²) in [6, 6.07) is 7.27. The zero-order chi connectivity index (χ0) is 14.5. The molecule has 0 amide bonds. The summed E-state index contributed by atoms with van der Waals surface area (Å²) < 4.78 is 4.63. The van der Waals surface area contributed by atoms with Gasteiger partial charge >= 0.3 is 6.16 Å². The van der Waals surface area contributed by atoms with Gasteiger partial charge in [-0.3, -0.25) is 15.1 Å². The number of hydrogen-bond donors (Lipinski definition) is 1. The van der Waals surface area contributed by atoms with E-state index in [0.29, 0.717) is 12.0 Å². The first kappa shape index (κ1) is 13.5. The van der Waals surface area contributed by atoms with Crippen LogP contribution >= 0.6 is 0 Å². The molecule has 2 rings (SSSR count). The zero-order valence-corrected chi connectivity index (χ0v) is 10.2. The Morgan fingerprint density at radius 1 is 1.30 bits per heavy atom. The molecule has 1 aromatic heterocycles.